The van der Waals surface area contributed by atoms with Crippen LogP contribution in [0.1, 0.15) is 20.9 Å². The van der Waals surface area contributed by atoms with E-state index in [1.165, 1.54) is 29.7 Å². The first-order chi connectivity index (χ1) is 14.8. The van der Waals surface area contributed by atoms with Crippen molar-refractivity contribution in [3.05, 3.63) is 87.6 Å². The number of ketones is 1. The molecule has 0 aliphatic rings. The van der Waals surface area contributed by atoms with E-state index in [1.807, 2.05) is 0 Å². The quantitative estimate of drug-likeness (QED) is 0.411. The van der Waals surface area contributed by atoms with Crippen LogP contribution in [0.2, 0.25) is 0 Å². The average Bonchev–Trinajstić information content (AvgIpc) is 3.29. The van der Waals surface area contributed by atoms with Gasteiger partial charge in [0.2, 0.25) is 5.78 Å². The SMILES string of the molecule is O=C(NCc1nccs1)C(=O)[C@@H](Cc1cc(F)c(F)cc1F)NC(=O)c1ccccc1. The third-order valence-corrected chi connectivity index (χ3v) is 5.06. The van der Waals surface area contributed by atoms with Crippen molar-refractivity contribution in [3.63, 3.8) is 0 Å². The van der Waals surface area contributed by atoms with E-state index < -0.39 is 47.5 Å². The van der Waals surface area contributed by atoms with Crippen LogP contribution in [0.4, 0.5) is 13.2 Å². The van der Waals surface area contributed by atoms with Gasteiger partial charge in [-0.3, -0.25) is 14.4 Å². The number of hydrogen-bond acceptors (Lipinski definition) is 5. The molecule has 0 spiro atoms. The van der Waals surface area contributed by atoms with Crippen LogP contribution in [0.3, 0.4) is 0 Å². The van der Waals surface area contributed by atoms with E-state index in [-0.39, 0.29) is 17.7 Å². The van der Waals surface area contributed by atoms with Gasteiger partial charge in [-0.15, -0.1) is 11.3 Å². The fraction of sp³-hybridized carbons (Fsp3) is 0.143. The zero-order valence-electron chi connectivity index (χ0n) is 15.9. The lowest BCUT2D eigenvalue weighted by Crippen LogP contribution is -2.48. The van der Waals surface area contributed by atoms with Gasteiger partial charge in [0.05, 0.1) is 6.54 Å². The van der Waals surface area contributed by atoms with E-state index in [0.29, 0.717) is 17.1 Å². The molecule has 0 aliphatic carbocycles. The summed E-state index contributed by atoms with van der Waals surface area (Å²) in [7, 11) is 0. The van der Waals surface area contributed by atoms with Gasteiger partial charge in [-0.1, -0.05) is 18.2 Å². The molecule has 1 atom stereocenters. The molecule has 2 amide bonds. The van der Waals surface area contributed by atoms with E-state index in [0.717, 1.165) is 0 Å². The third kappa shape index (κ3) is 5.76. The molecule has 0 aliphatic heterocycles. The summed E-state index contributed by atoms with van der Waals surface area (Å²) in [5.41, 5.74) is -0.160. The first-order valence-electron chi connectivity index (χ1n) is 9.05. The number of aromatic nitrogens is 1. The summed E-state index contributed by atoms with van der Waals surface area (Å²) in [4.78, 5) is 41.5. The topological polar surface area (TPSA) is 88.2 Å². The number of carbonyl (C=O) groups excluding carboxylic acids is 3. The number of halogens is 3. The van der Waals surface area contributed by atoms with Gasteiger partial charge in [-0.05, 0) is 23.8 Å². The van der Waals surface area contributed by atoms with Crippen LogP contribution in [-0.2, 0) is 22.6 Å². The number of hydrogen-bond donors (Lipinski definition) is 2. The van der Waals surface area contributed by atoms with Crippen LogP contribution in [0.25, 0.3) is 0 Å². The average molecular weight is 447 g/mol. The summed E-state index contributed by atoms with van der Waals surface area (Å²) in [6.45, 7) is -0.0128. The number of nitrogens with one attached hydrogen (secondary N) is 2. The van der Waals surface area contributed by atoms with Gasteiger partial charge in [-0.25, -0.2) is 18.2 Å². The summed E-state index contributed by atoms with van der Waals surface area (Å²) in [5.74, 6) is -6.59. The predicted molar refractivity (Wildman–Crippen MR) is 107 cm³/mol. The maximum atomic E-state index is 14.1. The molecule has 0 bridgehead atoms. The molecular weight excluding hydrogens is 431 g/mol. The van der Waals surface area contributed by atoms with E-state index in [4.69, 9.17) is 0 Å². The second-order valence-corrected chi connectivity index (χ2v) is 7.41. The van der Waals surface area contributed by atoms with Gasteiger partial charge in [0.25, 0.3) is 11.8 Å². The van der Waals surface area contributed by atoms with Crippen molar-refractivity contribution in [2.75, 3.05) is 0 Å². The van der Waals surface area contributed by atoms with Crippen molar-refractivity contribution < 1.29 is 27.6 Å². The highest BCUT2D eigenvalue weighted by atomic mass is 32.1. The highest BCUT2D eigenvalue weighted by Gasteiger charge is 2.29. The number of Topliss-reactive ketones (excluding diaryl/α,β-unsaturated/α-hetero) is 1. The molecule has 1 aromatic heterocycles. The maximum Gasteiger partial charge on any atom is 0.289 e. The standard InChI is InChI=1S/C21H16F3N3O3S/c22-14-10-16(24)15(23)8-13(14)9-17(27-20(29)12-4-2-1-3-5-12)19(28)21(30)26-11-18-25-6-7-31-18/h1-8,10,17H,9,11H2,(H,26,30)(H,27,29)/t17-/m1/s1. The normalized spacial score (nSPS) is 11.6. The smallest absolute Gasteiger partial charge is 0.289 e. The first kappa shape index (κ1) is 22.2. The first-order valence-corrected chi connectivity index (χ1v) is 9.93. The van der Waals surface area contributed by atoms with E-state index in [1.54, 1.807) is 23.6 Å². The highest BCUT2D eigenvalue weighted by molar-refractivity contribution is 7.09. The number of rotatable bonds is 8. The summed E-state index contributed by atoms with van der Waals surface area (Å²) in [6.07, 6.45) is 0.980. The van der Waals surface area contributed by atoms with Gasteiger partial charge < -0.3 is 10.6 Å². The number of carbonyl (C=O) groups is 3. The Balaban J connectivity index is 1.80. The minimum absolute atomic E-state index is 0.0128. The lowest BCUT2D eigenvalue weighted by atomic mass is 10.0. The summed E-state index contributed by atoms with van der Waals surface area (Å²) in [6, 6.07) is 7.27. The van der Waals surface area contributed by atoms with Crippen molar-refractivity contribution in [1.29, 1.82) is 0 Å². The maximum absolute atomic E-state index is 14.1. The van der Waals surface area contributed by atoms with Crippen molar-refractivity contribution in [3.8, 4) is 0 Å². The highest BCUT2D eigenvalue weighted by Crippen LogP contribution is 2.16. The fourth-order valence-corrected chi connectivity index (χ4v) is 3.28. The molecule has 6 nitrogen and oxygen atoms in total. The molecule has 0 unspecified atom stereocenters. The second kappa shape index (κ2) is 9.98. The van der Waals surface area contributed by atoms with Crippen molar-refractivity contribution >= 4 is 28.9 Å². The summed E-state index contributed by atoms with van der Waals surface area (Å²) < 4.78 is 40.9. The number of thiazole rings is 1. The summed E-state index contributed by atoms with van der Waals surface area (Å²) in [5, 5.41) is 7.00. The Morgan fingerprint density at radius 2 is 1.71 bits per heavy atom. The predicted octanol–water partition coefficient (Wildman–Crippen LogP) is 2.79. The van der Waals surface area contributed by atoms with Gasteiger partial charge in [0, 0.05) is 29.6 Å². The Morgan fingerprint density at radius 1 is 1.00 bits per heavy atom. The van der Waals surface area contributed by atoms with E-state index in [9.17, 15) is 27.6 Å². The lowest BCUT2D eigenvalue weighted by molar-refractivity contribution is -0.139. The Labute approximate surface area is 179 Å². The Hall–Kier alpha value is -3.53. The molecule has 3 rings (SSSR count). The molecule has 0 saturated carbocycles. The lowest BCUT2D eigenvalue weighted by Gasteiger charge is -2.18. The largest absolute Gasteiger partial charge is 0.343 e. The molecule has 31 heavy (non-hydrogen) atoms. The van der Waals surface area contributed by atoms with Gasteiger partial charge >= 0.3 is 0 Å². The van der Waals surface area contributed by atoms with Crippen LogP contribution in [-0.4, -0.2) is 28.6 Å². The molecule has 1 heterocycles. The third-order valence-electron chi connectivity index (χ3n) is 4.28. The molecule has 3 aromatic rings. The number of nitrogens with zero attached hydrogens (tertiary/aromatic N) is 1. The monoisotopic (exact) mass is 447 g/mol. The van der Waals surface area contributed by atoms with E-state index in [2.05, 4.69) is 15.6 Å². The second-order valence-electron chi connectivity index (χ2n) is 6.43. The molecule has 2 N–H and O–H groups in total. The molecule has 2 aromatic carbocycles. The van der Waals surface area contributed by atoms with Crippen LogP contribution >= 0.6 is 11.3 Å². The van der Waals surface area contributed by atoms with Crippen molar-refractivity contribution in [2.45, 2.75) is 19.0 Å². The molecule has 160 valence electrons. The van der Waals surface area contributed by atoms with Gasteiger partial charge in [-0.2, -0.15) is 0 Å². The van der Waals surface area contributed by atoms with Crippen LogP contribution in [0.15, 0.2) is 54.0 Å². The van der Waals surface area contributed by atoms with Crippen LogP contribution in [0.5, 0.6) is 0 Å². The molecular formula is C21H16F3N3O3S. The van der Waals surface area contributed by atoms with Crippen LogP contribution < -0.4 is 10.6 Å². The number of amides is 2. The fourth-order valence-electron chi connectivity index (χ4n) is 2.72. The van der Waals surface area contributed by atoms with Crippen molar-refractivity contribution in [2.24, 2.45) is 0 Å². The van der Waals surface area contributed by atoms with Gasteiger partial charge in [0.15, 0.2) is 11.6 Å². The summed E-state index contributed by atoms with van der Waals surface area (Å²) >= 11 is 1.27. The molecule has 0 radical (unpaired) electrons. The zero-order chi connectivity index (χ0) is 22.4. The van der Waals surface area contributed by atoms with E-state index >= 15 is 0 Å². The minimum atomic E-state index is -1.51. The Bertz CT molecular complexity index is 1090. The molecule has 10 heteroatoms. The Morgan fingerprint density at radius 3 is 2.39 bits per heavy atom. The van der Waals surface area contributed by atoms with Gasteiger partial charge in [0.1, 0.15) is 16.9 Å². The van der Waals surface area contributed by atoms with Crippen molar-refractivity contribution in [1.82, 2.24) is 15.6 Å². The molecule has 0 saturated heterocycles. The number of benzene rings is 2. The Kier molecular flexibility index (Phi) is 7.14. The minimum Gasteiger partial charge on any atom is -0.343 e. The molecule has 0 fully saturated rings. The zero-order valence-corrected chi connectivity index (χ0v) is 16.7. The van der Waals surface area contributed by atoms with Crippen LogP contribution in [0, 0.1) is 17.5 Å².